The summed E-state index contributed by atoms with van der Waals surface area (Å²) in [5, 5.41) is 7.41. The second-order valence-corrected chi connectivity index (χ2v) is 2.69. The molecule has 0 N–H and O–H groups in total. The van der Waals surface area contributed by atoms with Crippen molar-refractivity contribution in [2.75, 3.05) is 0 Å². The third-order valence-electron chi connectivity index (χ3n) is 1.86. The number of aryl methyl sites for hydroxylation is 1. The summed E-state index contributed by atoms with van der Waals surface area (Å²) in [6.45, 7) is 0. The smallest absolute Gasteiger partial charge is 0.153 e. The van der Waals surface area contributed by atoms with Crippen LogP contribution < -0.4 is 0 Å². The molecular weight excluding hydrogens is 173 g/mol. The van der Waals surface area contributed by atoms with Crippen LogP contribution in [0.1, 0.15) is 10.4 Å². The molecular formula is C8H6FN3O. The highest BCUT2D eigenvalue weighted by molar-refractivity contribution is 5.84. The molecule has 66 valence electrons. The molecule has 0 saturated carbocycles. The van der Waals surface area contributed by atoms with Crippen LogP contribution in [0.4, 0.5) is 4.39 Å². The molecule has 0 saturated heterocycles. The Morgan fingerprint density at radius 2 is 2.31 bits per heavy atom. The standard InChI is InChI=1S/C8H6FN3O/c1-12-8-2-5(4-13)6(9)3-7(8)10-11-12/h2-4H,1H3. The van der Waals surface area contributed by atoms with E-state index in [9.17, 15) is 9.18 Å². The number of nitrogens with zero attached hydrogens (tertiary/aromatic N) is 3. The Kier molecular flexibility index (Phi) is 1.58. The minimum absolute atomic E-state index is 0.0258. The highest BCUT2D eigenvalue weighted by Gasteiger charge is 2.07. The summed E-state index contributed by atoms with van der Waals surface area (Å²) < 4.78 is 14.5. The number of aromatic nitrogens is 3. The van der Waals surface area contributed by atoms with Crippen LogP contribution in [0.3, 0.4) is 0 Å². The van der Waals surface area contributed by atoms with Crippen LogP contribution in [0.5, 0.6) is 0 Å². The summed E-state index contributed by atoms with van der Waals surface area (Å²) in [7, 11) is 1.68. The molecule has 1 heterocycles. The number of hydrogen-bond acceptors (Lipinski definition) is 3. The van der Waals surface area contributed by atoms with Gasteiger partial charge in [0.15, 0.2) is 6.29 Å². The maximum absolute atomic E-state index is 13.0. The normalized spacial score (nSPS) is 10.6. The monoisotopic (exact) mass is 179 g/mol. The topological polar surface area (TPSA) is 47.8 Å². The van der Waals surface area contributed by atoms with Gasteiger partial charge >= 0.3 is 0 Å². The number of hydrogen-bond donors (Lipinski definition) is 0. The highest BCUT2D eigenvalue weighted by atomic mass is 19.1. The fraction of sp³-hybridized carbons (Fsp3) is 0.125. The van der Waals surface area contributed by atoms with Crippen LogP contribution >= 0.6 is 0 Å². The summed E-state index contributed by atoms with van der Waals surface area (Å²) in [5.74, 6) is -0.567. The van der Waals surface area contributed by atoms with E-state index in [1.165, 1.54) is 16.8 Å². The van der Waals surface area contributed by atoms with Crippen molar-refractivity contribution in [3.8, 4) is 0 Å². The second-order valence-electron chi connectivity index (χ2n) is 2.69. The molecule has 2 aromatic rings. The van der Waals surface area contributed by atoms with Crippen LogP contribution in [0, 0.1) is 5.82 Å². The lowest BCUT2D eigenvalue weighted by Crippen LogP contribution is -1.92. The quantitative estimate of drug-likeness (QED) is 0.611. The second kappa shape index (κ2) is 2.62. The number of carbonyl (C=O) groups is 1. The molecule has 0 aliphatic carbocycles. The molecule has 0 spiro atoms. The molecule has 0 bridgehead atoms. The summed E-state index contributed by atoms with van der Waals surface area (Å²) in [5.41, 5.74) is 1.12. The first-order chi connectivity index (χ1) is 6.22. The number of carbonyl (C=O) groups excluding carboxylic acids is 1. The van der Waals surface area contributed by atoms with E-state index >= 15 is 0 Å². The summed E-state index contributed by atoms with van der Waals surface area (Å²) in [4.78, 5) is 10.4. The Bertz CT molecular complexity index is 477. The molecule has 13 heavy (non-hydrogen) atoms. The van der Waals surface area contributed by atoms with Gasteiger partial charge in [-0.25, -0.2) is 9.07 Å². The Labute approximate surface area is 73.0 Å². The Morgan fingerprint density at radius 1 is 1.54 bits per heavy atom. The van der Waals surface area contributed by atoms with Gasteiger partial charge in [-0.2, -0.15) is 0 Å². The van der Waals surface area contributed by atoms with Gasteiger partial charge < -0.3 is 0 Å². The van der Waals surface area contributed by atoms with Crippen LogP contribution in [-0.4, -0.2) is 21.3 Å². The first-order valence-electron chi connectivity index (χ1n) is 3.66. The van der Waals surface area contributed by atoms with Crippen LogP contribution in [0.2, 0.25) is 0 Å². The number of halogens is 1. The average Bonchev–Trinajstić information content (AvgIpc) is 2.46. The minimum Gasteiger partial charge on any atom is -0.298 e. The number of rotatable bonds is 1. The fourth-order valence-electron chi connectivity index (χ4n) is 1.16. The van der Waals surface area contributed by atoms with Gasteiger partial charge in [-0.1, -0.05) is 5.21 Å². The van der Waals surface area contributed by atoms with Gasteiger partial charge in [0.1, 0.15) is 11.3 Å². The maximum Gasteiger partial charge on any atom is 0.153 e. The highest BCUT2D eigenvalue weighted by Crippen LogP contribution is 2.14. The number of fused-ring (bicyclic) bond motifs is 1. The molecule has 0 radical (unpaired) electrons. The molecule has 2 rings (SSSR count). The summed E-state index contributed by atoms with van der Waals surface area (Å²) in [6, 6.07) is 2.63. The molecule has 5 heteroatoms. The summed E-state index contributed by atoms with van der Waals surface area (Å²) >= 11 is 0. The minimum atomic E-state index is -0.567. The third-order valence-corrected chi connectivity index (χ3v) is 1.86. The Hall–Kier alpha value is -1.78. The molecule has 4 nitrogen and oxygen atoms in total. The predicted molar refractivity (Wildman–Crippen MR) is 43.9 cm³/mol. The van der Waals surface area contributed by atoms with E-state index in [2.05, 4.69) is 10.3 Å². The lowest BCUT2D eigenvalue weighted by atomic mass is 10.2. The van der Waals surface area contributed by atoms with Crippen molar-refractivity contribution in [3.05, 3.63) is 23.5 Å². The van der Waals surface area contributed by atoms with Crippen LogP contribution in [-0.2, 0) is 7.05 Å². The van der Waals surface area contributed by atoms with Gasteiger partial charge in [-0.3, -0.25) is 4.79 Å². The van der Waals surface area contributed by atoms with Crippen LogP contribution in [0.25, 0.3) is 11.0 Å². The Balaban J connectivity index is 2.84. The van der Waals surface area contributed by atoms with E-state index in [0.717, 1.165) is 0 Å². The van der Waals surface area contributed by atoms with Crippen LogP contribution in [0.15, 0.2) is 12.1 Å². The molecule has 0 atom stereocenters. The van der Waals surface area contributed by atoms with E-state index in [0.29, 0.717) is 17.3 Å². The molecule has 0 amide bonds. The third kappa shape index (κ3) is 1.09. The van der Waals surface area contributed by atoms with Gasteiger partial charge in [0.25, 0.3) is 0 Å². The Morgan fingerprint density at radius 3 is 3.00 bits per heavy atom. The number of benzene rings is 1. The zero-order valence-electron chi connectivity index (χ0n) is 6.86. The fourth-order valence-corrected chi connectivity index (χ4v) is 1.16. The molecule has 0 unspecified atom stereocenters. The zero-order valence-corrected chi connectivity index (χ0v) is 6.86. The lowest BCUT2D eigenvalue weighted by molar-refractivity contribution is 0.112. The molecule has 1 aromatic heterocycles. The average molecular weight is 179 g/mol. The van der Waals surface area contributed by atoms with Crippen molar-refractivity contribution in [2.24, 2.45) is 7.05 Å². The zero-order chi connectivity index (χ0) is 9.42. The maximum atomic E-state index is 13.0. The van der Waals surface area contributed by atoms with E-state index in [1.54, 1.807) is 7.05 Å². The van der Waals surface area contributed by atoms with Gasteiger partial charge in [0.2, 0.25) is 0 Å². The van der Waals surface area contributed by atoms with E-state index in [-0.39, 0.29) is 5.56 Å². The van der Waals surface area contributed by atoms with Crippen molar-refractivity contribution in [2.45, 2.75) is 0 Å². The van der Waals surface area contributed by atoms with Crippen molar-refractivity contribution in [1.82, 2.24) is 15.0 Å². The molecule has 0 aliphatic heterocycles. The molecule has 0 aliphatic rings. The molecule has 0 fully saturated rings. The van der Waals surface area contributed by atoms with Gasteiger partial charge in [-0.05, 0) is 6.07 Å². The van der Waals surface area contributed by atoms with E-state index in [4.69, 9.17) is 0 Å². The van der Waals surface area contributed by atoms with E-state index < -0.39 is 5.82 Å². The first kappa shape index (κ1) is 7.85. The number of aldehydes is 1. The molecule has 1 aromatic carbocycles. The van der Waals surface area contributed by atoms with Crippen molar-refractivity contribution in [1.29, 1.82) is 0 Å². The predicted octanol–water partition coefficient (Wildman–Crippen LogP) is 0.920. The van der Waals surface area contributed by atoms with Gasteiger partial charge in [0, 0.05) is 13.1 Å². The van der Waals surface area contributed by atoms with Crippen molar-refractivity contribution < 1.29 is 9.18 Å². The largest absolute Gasteiger partial charge is 0.298 e. The summed E-state index contributed by atoms with van der Waals surface area (Å²) in [6.07, 6.45) is 0.474. The van der Waals surface area contributed by atoms with Gasteiger partial charge in [0.05, 0.1) is 11.1 Å². The first-order valence-corrected chi connectivity index (χ1v) is 3.66. The van der Waals surface area contributed by atoms with Gasteiger partial charge in [-0.15, -0.1) is 5.10 Å². The van der Waals surface area contributed by atoms with E-state index in [1.807, 2.05) is 0 Å². The lowest BCUT2D eigenvalue weighted by Gasteiger charge is -1.95. The van der Waals surface area contributed by atoms with Crippen molar-refractivity contribution in [3.63, 3.8) is 0 Å². The SMILES string of the molecule is Cn1nnc2cc(F)c(C=O)cc21. The van der Waals surface area contributed by atoms with Crippen molar-refractivity contribution >= 4 is 17.3 Å².